The standard InChI is InChI=1S/C14H12N2O11S2/c17-13(7-2-10(16(20)21)6-12(3-7)29(25,26)27)15-9-1-8(14(18)19)4-11(5-9)28(22,23)24/h1-6,16,20H,(H,15,17)(H,18,19)(H,22,23,24)(H,25,26,27). The highest BCUT2D eigenvalue weighted by atomic mass is 32.2. The van der Waals surface area contributed by atoms with Gasteiger partial charge in [-0.1, -0.05) is 0 Å². The molecule has 29 heavy (non-hydrogen) atoms. The topological polar surface area (TPSA) is 223 Å². The fourth-order valence-electron chi connectivity index (χ4n) is 2.15. The number of benzene rings is 2. The lowest BCUT2D eigenvalue weighted by atomic mass is 10.1. The summed E-state index contributed by atoms with van der Waals surface area (Å²) in [5.41, 5.74) is -2.21. The molecule has 2 rings (SSSR count). The monoisotopic (exact) mass is 448 g/mol. The van der Waals surface area contributed by atoms with Crippen LogP contribution in [-0.4, -0.2) is 48.1 Å². The van der Waals surface area contributed by atoms with Crippen LogP contribution < -0.4 is 10.5 Å². The maximum absolute atomic E-state index is 12.4. The summed E-state index contributed by atoms with van der Waals surface area (Å²) in [7, 11) is -9.70. The summed E-state index contributed by atoms with van der Waals surface area (Å²) in [5.74, 6) is -2.73. The molecule has 0 fully saturated rings. The van der Waals surface area contributed by atoms with Crippen molar-refractivity contribution in [2.45, 2.75) is 9.79 Å². The molecule has 0 saturated heterocycles. The largest absolute Gasteiger partial charge is 0.595 e. The minimum absolute atomic E-state index is 0.406. The molecule has 13 nitrogen and oxygen atoms in total. The van der Waals surface area contributed by atoms with Gasteiger partial charge in [0.1, 0.15) is 4.90 Å². The van der Waals surface area contributed by atoms with Crippen molar-refractivity contribution in [3.63, 3.8) is 0 Å². The highest BCUT2D eigenvalue weighted by molar-refractivity contribution is 7.86. The van der Waals surface area contributed by atoms with Crippen molar-refractivity contribution in [2.24, 2.45) is 0 Å². The first-order valence-corrected chi connectivity index (χ1v) is 10.1. The Morgan fingerprint density at radius 1 is 0.862 bits per heavy atom. The zero-order chi connectivity index (χ0) is 22.1. The third-order valence-corrected chi connectivity index (χ3v) is 5.09. The van der Waals surface area contributed by atoms with Crippen LogP contribution in [0.3, 0.4) is 0 Å². The van der Waals surface area contributed by atoms with E-state index in [4.69, 9.17) is 19.4 Å². The molecule has 15 heteroatoms. The first kappa shape index (κ1) is 22.4. The molecule has 2 aromatic carbocycles. The lowest BCUT2D eigenvalue weighted by Crippen LogP contribution is -2.99. The van der Waals surface area contributed by atoms with E-state index in [1.54, 1.807) is 0 Å². The maximum atomic E-state index is 12.4. The Kier molecular flexibility index (Phi) is 6.04. The number of carboxylic acids is 1. The van der Waals surface area contributed by atoms with Crippen LogP contribution >= 0.6 is 0 Å². The summed E-state index contributed by atoms with van der Waals surface area (Å²) in [6.07, 6.45) is 0. The van der Waals surface area contributed by atoms with Crippen molar-refractivity contribution < 1.29 is 51.1 Å². The second kappa shape index (κ2) is 7.84. The van der Waals surface area contributed by atoms with Gasteiger partial charge in [0.25, 0.3) is 26.1 Å². The Bertz CT molecular complexity index is 1200. The van der Waals surface area contributed by atoms with Crippen molar-refractivity contribution in [1.82, 2.24) is 0 Å². The Hall–Kier alpha value is -2.92. The lowest BCUT2D eigenvalue weighted by Gasteiger charge is -2.14. The van der Waals surface area contributed by atoms with E-state index in [-0.39, 0.29) is 0 Å². The number of nitrogens with one attached hydrogen (secondary N) is 2. The molecule has 0 spiro atoms. The molecule has 0 saturated carbocycles. The predicted molar refractivity (Wildman–Crippen MR) is 93.2 cm³/mol. The third-order valence-electron chi connectivity index (χ3n) is 3.42. The number of quaternary nitrogens is 1. The number of hydrogen-bond acceptors (Lipinski definition) is 8. The zero-order valence-electron chi connectivity index (χ0n) is 13.9. The smallest absolute Gasteiger partial charge is 0.335 e. The summed E-state index contributed by atoms with van der Waals surface area (Å²) >= 11 is 0. The molecule has 0 aromatic heterocycles. The average Bonchev–Trinajstić information content (AvgIpc) is 2.59. The van der Waals surface area contributed by atoms with E-state index in [1.165, 1.54) is 0 Å². The molecule has 156 valence electrons. The molecule has 2 aromatic rings. The number of carbonyl (C=O) groups excluding carboxylic acids is 1. The van der Waals surface area contributed by atoms with E-state index < -0.39 is 69.6 Å². The molecule has 0 aliphatic heterocycles. The molecule has 0 heterocycles. The number of anilines is 1. The van der Waals surface area contributed by atoms with Gasteiger partial charge in [-0.05, 0) is 24.3 Å². The molecular weight excluding hydrogens is 436 g/mol. The van der Waals surface area contributed by atoms with Gasteiger partial charge >= 0.3 is 5.97 Å². The SMILES string of the molecule is O=C(O)c1cc(NC(=O)c2cc([NH+]([O-])O)cc(S(=O)(=O)O)c2)cc(S(=O)(=O)O)c1. The van der Waals surface area contributed by atoms with Crippen LogP contribution in [0.1, 0.15) is 20.7 Å². The van der Waals surface area contributed by atoms with E-state index in [1.807, 2.05) is 0 Å². The zero-order valence-corrected chi connectivity index (χ0v) is 15.6. The lowest BCUT2D eigenvalue weighted by molar-refractivity contribution is -0.991. The number of rotatable bonds is 6. The second-order valence-corrected chi connectivity index (χ2v) is 8.35. The quantitative estimate of drug-likeness (QED) is 0.245. The van der Waals surface area contributed by atoms with Gasteiger partial charge in [-0.3, -0.25) is 13.9 Å². The van der Waals surface area contributed by atoms with Gasteiger partial charge in [-0.2, -0.15) is 22.1 Å². The highest BCUT2D eigenvalue weighted by Crippen LogP contribution is 2.22. The molecule has 1 unspecified atom stereocenters. The van der Waals surface area contributed by atoms with Crippen molar-refractivity contribution >= 4 is 43.5 Å². The molecular formula is C14H12N2O11S2. The van der Waals surface area contributed by atoms with Crippen LogP contribution in [0, 0.1) is 5.21 Å². The Balaban J connectivity index is 2.54. The molecule has 1 atom stereocenters. The third kappa shape index (κ3) is 5.55. The predicted octanol–water partition coefficient (Wildman–Crippen LogP) is -0.466. The van der Waals surface area contributed by atoms with Gasteiger partial charge in [-0.15, -0.1) is 0 Å². The van der Waals surface area contributed by atoms with Gasteiger partial charge in [0.15, 0.2) is 5.69 Å². The molecule has 0 radical (unpaired) electrons. The number of aromatic carboxylic acids is 1. The number of carboxylic acid groups (broad SMARTS) is 1. The van der Waals surface area contributed by atoms with E-state index in [0.717, 1.165) is 18.2 Å². The molecule has 0 aliphatic rings. The molecule has 1 amide bonds. The Morgan fingerprint density at radius 3 is 1.86 bits per heavy atom. The Labute approximate surface area is 162 Å². The number of carbonyl (C=O) groups is 2. The summed E-state index contributed by atoms with van der Waals surface area (Å²) in [5, 5.41) is 29.6. The van der Waals surface area contributed by atoms with Gasteiger partial charge in [0, 0.05) is 23.4 Å². The summed E-state index contributed by atoms with van der Waals surface area (Å²) in [6, 6.07) is 4.24. The van der Waals surface area contributed by atoms with Crippen molar-refractivity contribution in [3.05, 3.63) is 52.7 Å². The van der Waals surface area contributed by atoms with Crippen molar-refractivity contribution in [2.75, 3.05) is 5.32 Å². The van der Waals surface area contributed by atoms with Gasteiger partial charge in [0.2, 0.25) is 0 Å². The number of amides is 1. The first-order chi connectivity index (χ1) is 13.2. The molecule has 0 bridgehead atoms. The Morgan fingerprint density at radius 2 is 1.38 bits per heavy atom. The molecule has 0 aliphatic carbocycles. The highest BCUT2D eigenvalue weighted by Gasteiger charge is 2.20. The van der Waals surface area contributed by atoms with E-state index in [9.17, 15) is 31.6 Å². The van der Waals surface area contributed by atoms with Gasteiger partial charge in [-0.25, -0.2) is 10.0 Å². The van der Waals surface area contributed by atoms with E-state index in [2.05, 4.69) is 5.32 Å². The van der Waals surface area contributed by atoms with E-state index >= 15 is 0 Å². The summed E-state index contributed by atoms with van der Waals surface area (Å²) < 4.78 is 63.3. The average molecular weight is 448 g/mol. The minimum atomic E-state index is -4.87. The molecule has 6 N–H and O–H groups in total. The maximum Gasteiger partial charge on any atom is 0.335 e. The first-order valence-electron chi connectivity index (χ1n) is 7.21. The van der Waals surface area contributed by atoms with Crippen molar-refractivity contribution in [3.8, 4) is 0 Å². The summed E-state index contributed by atoms with van der Waals surface area (Å²) in [4.78, 5) is 21.8. The van der Waals surface area contributed by atoms with Crippen LogP contribution in [-0.2, 0) is 20.2 Å². The normalized spacial score (nSPS) is 13.0. The van der Waals surface area contributed by atoms with Crippen LogP contribution in [0.25, 0.3) is 0 Å². The van der Waals surface area contributed by atoms with Gasteiger partial charge in [0.05, 0.1) is 10.5 Å². The summed E-state index contributed by atoms with van der Waals surface area (Å²) in [6.45, 7) is 0. The second-order valence-electron chi connectivity index (χ2n) is 5.51. The minimum Gasteiger partial charge on any atom is -0.595 e. The van der Waals surface area contributed by atoms with Crippen LogP contribution in [0.2, 0.25) is 0 Å². The van der Waals surface area contributed by atoms with E-state index in [0.29, 0.717) is 18.2 Å². The van der Waals surface area contributed by atoms with Crippen molar-refractivity contribution in [1.29, 1.82) is 0 Å². The fraction of sp³-hybridized carbons (Fsp3) is 0. The van der Waals surface area contributed by atoms with Crippen LogP contribution in [0.15, 0.2) is 46.2 Å². The van der Waals surface area contributed by atoms with Crippen LogP contribution in [0.5, 0.6) is 0 Å². The van der Waals surface area contributed by atoms with Crippen LogP contribution in [0.4, 0.5) is 11.4 Å². The van der Waals surface area contributed by atoms with Gasteiger partial charge < -0.3 is 15.6 Å². The number of hydrogen-bond donors (Lipinski definition) is 6. The fourth-order valence-corrected chi connectivity index (χ4v) is 3.25.